The maximum Gasteiger partial charge on any atom is 0.249 e. The van der Waals surface area contributed by atoms with Crippen LogP contribution in [-0.4, -0.2) is 24.4 Å². The van der Waals surface area contributed by atoms with Crippen LogP contribution in [-0.2, 0) is 9.59 Å². The number of hydrogen-bond donors (Lipinski definition) is 3. The molecule has 1 fully saturated rings. The molecule has 2 amide bonds. The zero-order valence-corrected chi connectivity index (χ0v) is 11.3. The highest BCUT2D eigenvalue weighted by atomic mass is 19.1. The average molecular weight is 279 g/mol. The number of carbonyl (C=O) groups excluding carboxylic acids is 2. The summed E-state index contributed by atoms with van der Waals surface area (Å²) < 4.78 is 13.8. The minimum atomic E-state index is -0.499. The van der Waals surface area contributed by atoms with E-state index in [0.29, 0.717) is 30.8 Å². The molecule has 1 aromatic rings. The topological polar surface area (TPSA) is 70.2 Å². The van der Waals surface area contributed by atoms with Crippen LogP contribution in [0.2, 0.25) is 0 Å². The molecule has 1 aromatic carbocycles. The molecule has 108 valence electrons. The van der Waals surface area contributed by atoms with Crippen molar-refractivity contribution < 1.29 is 14.0 Å². The number of rotatable bonds is 5. The first-order valence-corrected chi connectivity index (χ1v) is 6.74. The molecule has 0 spiro atoms. The van der Waals surface area contributed by atoms with E-state index in [1.165, 1.54) is 6.07 Å². The molecule has 0 bridgehead atoms. The number of benzene rings is 1. The summed E-state index contributed by atoms with van der Waals surface area (Å²) in [7, 11) is 0. The lowest BCUT2D eigenvalue weighted by molar-refractivity contribution is -0.133. The lowest BCUT2D eigenvalue weighted by Crippen LogP contribution is -2.47. The Morgan fingerprint density at radius 2 is 2.20 bits per heavy atom. The third-order valence-corrected chi connectivity index (χ3v) is 3.11. The Hall–Kier alpha value is -2.11. The fourth-order valence-corrected chi connectivity index (χ4v) is 2.04. The number of carbonyl (C=O) groups is 2. The van der Waals surface area contributed by atoms with Gasteiger partial charge in [0.2, 0.25) is 11.8 Å². The molecule has 1 unspecified atom stereocenters. The summed E-state index contributed by atoms with van der Waals surface area (Å²) in [6.07, 6.45) is 1.62. The zero-order valence-electron chi connectivity index (χ0n) is 11.3. The van der Waals surface area contributed by atoms with Gasteiger partial charge in [-0.2, -0.15) is 0 Å². The quantitative estimate of drug-likeness (QED) is 0.720. The summed E-state index contributed by atoms with van der Waals surface area (Å²) >= 11 is 0. The van der Waals surface area contributed by atoms with Gasteiger partial charge in [-0.1, -0.05) is 6.92 Å². The van der Waals surface area contributed by atoms with Crippen LogP contribution < -0.4 is 16.0 Å². The highest BCUT2D eigenvalue weighted by molar-refractivity contribution is 6.01. The van der Waals surface area contributed by atoms with Crippen molar-refractivity contribution in [1.82, 2.24) is 5.32 Å². The molecule has 0 aromatic heterocycles. The van der Waals surface area contributed by atoms with Crippen LogP contribution in [0.3, 0.4) is 0 Å². The number of halogens is 1. The Balaban J connectivity index is 2.01. The van der Waals surface area contributed by atoms with Crippen molar-refractivity contribution in [2.75, 3.05) is 17.2 Å². The number of amides is 2. The third-order valence-electron chi connectivity index (χ3n) is 3.11. The van der Waals surface area contributed by atoms with Gasteiger partial charge in [0.05, 0.1) is 5.69 Å². The molecule has 3 N–H and O–H groups in total. The lowest BCUT2D eigenvalue weighted by Gasteiger charge is -2.23. The molecule has 0 aliphatic carbocycles. The maximum atomic E-state index is 13.8. The highest BCUT2D eigenvalue weighted by Crippen LogP contribution is 2.21. The molecule has 1 aliphatic heterocycles. The molecule has 5 nitrogen and oxygen atoms in total. The van der Waals surface area contributed by atoms with E-state index in [1.54, 1.807) is 12.1 Å². The summed E-state index contributed by atoms with van der Waals surface area (Å²) in [4.78, 5) is 22.6. The molecule has 1 heterocycles. The van der Waals surface area contributed by atoms with E-state index in [1.807, 2.05) is 6.92 Å². The number of imide groups is 1. The van der Waals surface area contributed by atoms with Gasteiger partial charge in [-0.3, -0.25) is 14.9 Å². The van der Waals surface area contributed by atoms with E-state index in [9.17, 15) is 14.0 Å². The largest absolute Gasteiger partial charge is 0.383 e. The van der Waals surface area contributed by atoms with Crippen LogP contribution in [0, 0.1) is 5.82 Å². The van der Waals surface area contributed by atoms with Gasteiger partial charge >= 0.3 is 0 Å². The van der Waals surface area contributed by atoms with Crippen LogP contribution in [0.15, 0.2) is 18.2 Å². The van der Waals surface area contributed by atoms with Crippen LogP contribution in [0.25, 0.3) is 0 Å². The van der Waals surface area contributed by atoms with Gasteiger partial charge in [0.15, 0.2) is 0 Å². The van der Waals surface area contributed by atoms with Crippen LogP contribution in [0.1, 0.15) is 26.2 Å². The first-order valence-electron chi connectivity index (χ1n) is 6.74. The fraction of sp³-hybridized carbons (Fsp3) is 0.429. The van der Waals surface area contributed by atoms with E-state index >= 15 is 0 Å². The SMILES string of the molecule is CCCNc1ccc(NC2CCC(=O)NC2=O)cc1F. The van der Waals surface area contributed by atoms with Gasteiger partial charge in [-0.25, -0.2) is 4.39 Å². The molecule has 20 heavy (non-hydrogen) atoms. The van der Waals surface area contributed by atoms with Crippen LogP contribution in [0.4, 0.5) is 15.8 Å². The van der Waals surface area contributed by atoms with Crippen LogP contribution >= 0.6 is 0 Å². The fourth-order valence-electron chi connectivity index (χ4n) is 2.04. The van der Waals surface area contributed by atoms with Crippen molar-refractivity contribution in [3.8, 4) is 0 Å². The van der Waals surface area contributed by atoms with Crippen molar-refractivity contribution in [3.05, 3.63) is 24.0 Å². The molecule has 1 saturated heterocycles. The van der Waals surface area contributed by atoms with Gasteiger partial charge in [0.1, 0.15) is 11.9 Å². The molecule has 0 radical (unpaired) electrons. The Labute approximate surface area is 116 Å². The summed E-state index contributed by atoms with van der Waals surface area (Å²) in [5, 5.41) is 8.18. The molecule has 1 atom stereocenters. The number of hydrogen-bond acceptors (Lipinski definition) is 4. The Kier molecular flexibility index (Phi) is 4.55. The van der Waals surface area contributed by atoms with Gasteiger partial charge in [0.25, 0.3) is 0 Å². The van der Waals surface area contributed by atoms with E-state index in [2.05, 4.69) is 16.0 Å². The molecular formula is C14H18FN3O2. The average Bonchev–Trinajstić information content (AvgIpc) is 2.41. The Bertz CT molecular complexity index is 519. The van der Waals surface area contributed by atoms with Crippen molar-refractivity contribution >= 4 is 23.2 Å². The second-order valence-electron chi connectivity index (χ2n) is 4.77. The van der Waals surface area contributed by atoms with E-state index in [-0.39, 0.29) is 17.6 Å². The van der Waals surface area contributed by atoms with Gasteiger partial charge in [-0.15, -0.1) is 0 Å². The summed E-state index contributed by atoms with van der Waals surface area (Å²) in [5.74, 6) is -0.996. The van der Waals surface area contributed by atoms with Crippen molar-refractivity contribution in [1.29, 1.82) is 0 Å². The molecule has 1 aliphatic rings. The third kappa shape index (κ3) is 3.46. The van der Waals surface area contributed by atoms with Gasteiger partial charge in [0, 0.05) is 18.7 Å². The monoisotopic (exact) mass is 279 g/mol. The Morgan fingerprint density at radius 1 is 1.40 bits per heavy atom. The predicted molar refractivity (Wildman–Crippen MR) is 75.0 cm³/mol. The number of piperidine rings is 1. The smallest absolute Gasteiger partial charge is 0.249 e. The first kappa shape index (κ1) is 14.3. The summed E-state index contributed by atoms with van der Waals surface area (Å²) in [5.41, 5.74) is 0.972. The van der Waals surface area contributed by atoms with Gasteiger partial charge < -0.3 is 10.6 Å². The highest BCUT2D eigenvalue weighted by Gasteiger charge is 2.26. The molecule has 0 saturated carbocycles. The molecule has 2 rings (SSSR count). The summed E-state index contributed by atoms with van der Waals surface area (Å²) in [6.45, 7) is 2.71. The van der Waals surface area contributed by atoms with Crippen molar-refractivity contribution in [2.45, 2.75) is 32.2 Å². The maximum absolute atomic E-state index is 13.8. The van der Waals surface area contributed by atoms with Crippen molar-refractivity contribution in [2.24, 2.45) is 0 Å². The van der Waals surface area contributed by atoms with E-state index < -0.39 is 6.04 Å². The lowest BCUT2D eigenvalue weighted by atomic mass is 10.1. The minimum absolute atomic E-state index is 0.265. The second kappa shape index (κ2) is 6.36. The molecule has 6 heteroatoms. The number of nitrogens with one attached hydrogen (secondary N) is 3. The molecular weight excluding hydrogens is 261 g/mol. The van der Waals surface area contributed by atoms with Crippen molar-refractivity contribution in [3.63, 3.8) is 0 Å². The van der Waals surface area contributed by atoms with E-state index in [4.69, 9.17) is 0 Å². The number of anilines is 2. The second-order valence-corrected chi connectivity index (χ2v) is 4.77. The Morgan fingerprint density at radius 3 is 2.85 bits per heavy atom. The predicted octanol–water partition coefficient (Wildman–Crippen LogP) is 1.86. The normalized spacial score (nSPS) is 18.6. The zero-order chi connectivity index (χ0) is 14.5. The summed E-state index contributed by atoms with van der Waals surface area (Å²) in [6, 6.07) is 4.20. The van der Waals surface area contributed by atoms with E-state index in [0.717, 1.165) is 6.42 Å². The minimum Gasteiger partial charge on any atom is -0.383 e. The first-order chi connectivity index (χ1) is 9.60. The standard InChI is InChI=1S/C14H18FN3O2/c1-2-7-16-11-4-3-9(8-10(11)15)17-12-5-6-13(19)18-14(12)20/h3-4,8,12,16-17H,2,5-7H2,1H3,(H,18,19,20). The van der Waals surface area contributed by atoms with Crippen LogP contribution in [0.5, 0.6) is 0 Å². The van der Waals surface area contributed by atoms with Gasteiger partial charge in [-0.05, 0) is 31.0 Å².